The van der Waals surface area contributed by atoms with Crippen LogP contribution in [0.4, 0.5) is 0 Å². The van der Waals surface area contributed by atoms with Crippen LogP contribution in [0.15, 0.2) is 6.07 Å². The topological polar surface area (TPSA) is 67.6 Å². The summed E-state index contributed by atoms with van der Waals surface area (Å²) in [5.74, 6) is 0.328. The van der Waals surface area contributed by atoms with Gasteiger partial charge in [-0.25, -0.2) is 4.68 Å². The van der Waals surface area contributed by atoms with E-state index >= 15 is 0 Å². The molecular formula is C11H19N3O3. The molecule has 0 aliphatic rings. The van der Waals surface area contributed by atoms with Crippen LogP contribution in [0, 0.1) is 0 Å². The Morgan fingerprint density at radius 2 is 2.29 bits per heavy atom. The van der Waals surface area contributed by atoms with Crippen LogP contribution in [0.5, 0.6) is 5.88 Å². The van der Waals surface area contributed by atoms with Gasteiger partial charge in [-0.05, 0) is 13.8 Å². The third-order valence-corrected chi connectivity index (χ3v) is 2.49. The molecule has 6 heteroatoms. The molecule has 1 heterocycles. The van der Waals surface area contributed by atoms with E-state index in [1.807, 2.05) is 13.8 Å². The smallest absolute Gasteiger partial charge is 0.274 e. The molecule has 96 valence electrons. The molecule has 0 radical (unpaired) electrons. The van der Waals surface area contributed by atoms with Crippen LogP contribution in [-0.2, 0) is 7.05 Å². The summed E-state index contributed by atoms with van der Waals surface area (Å²) in [6.07, 6.45) is 0. The number of aryl methyl sites for hydroxylation is 1. The number of ether oxygens (including phenoxy) is 1. The molecule has 0 saturated carbocycles. The molecule has 1 amide bonds. The molecule has 6 nitrogen and oxygen atoms in total. The van der Waals surface area contributed by atoms with Gasteiger partial charge in [0.25, 0.3) is 5.91 Å². The second-order valence-electron chi connectivity index (χ2n) is 4.01. The maximum Gasteiger partial charge on any atom is 0.274 e. The van der Waals surface area contributed by atoms with Gasteiger partial charge in [-0.15, -0.1) is 0 Å². The predicted octanol–water partition coefficient (Wildman–Crippen LogP) is 0.272. The average molecular weight is 241 g/mol. The molecule has 0 spiro atoms. The molecule has 0 aliphatic carbocycles. The second kappa shape index (κ2) is 5.67. The van der Waals surface area contributed by atoms with Gasteiger partial charge in [-0.1, -0.05) is 0 Å². The average Bonchev–Trinajstić information content (AvgIpc) is 2.66. The normalized spacial score (nSPS) is 10.7. The summed E-state index contributed by atoms with van der Waals surface area (Å²) < 4.78 is 6.56. The number of rotatable bonds is 5. The van der Waals surface area contributed by atoms with Gasteiger partial charge in [0.15, 0.2) is 5.69 Å². The number of methoxy groups -OCH3 is 1. The summed E-state index contributed by atoms with van der Waals surface area (Å²) in [7, 11) is 3.24. The van der Waals surface area contributed by atoms with E-state index in [9.17, 15) is 4.79 Å². The third kappa shape index (κ3) is 2.97. The maximum absolute atomic E-state index is 12.1. The molecule has 0 unspecified atom stereocenters. The van der Waals surface area contributed by atoms with Crippen LogP contribution in [-0.4, -0.2) is 52.0 Å². The minimum Gasteiger partial charge on any atom is -0.481 e. The Bertz CT molecular complexity index is 387. The van der Waals surface area contributed by atoms with Crippen LogP contribution in [0.3, 0.4) is 0 Å². The first-order chi connectivity index (χ1) is 8.01. The Morgan fingerprint density at radius 3 is 2.71 bits per heavy atom. The van der Waals surface area contributed by atoms with E-state index < -0.39 is 0 Å². The number of hydrogen-bond acceptors (Lipinski definition) is 4. The summed E-state index contributed by atoms with van der Waals surface area (Å²) in [4.78, 5) is 13.7. The minimum atomic E-state index is -0.201. The highest BCUT2D eigenvalue weighted by Gasteiger charge is 2.21. The summed E-state index contributed by atoms with van der Waals surface area (Å²) in [5.41, 5.74) is 0.325. The van der Waals surface area contributed by atoms with Crippen LogP contribution in [0.2, 0.25) is 0 Å². The van der Waals surface area contributed by atoms with Gasteiger partial charge >= 0.3 is 0 Å². The molecule has 0 aliphatic heterocycles. The quantitative estimate of drug-likeness (QED) is 0.803. The molecule has 1 aromatic heterocycles. The van der Waals surface area contributed by atoms with Crippen molar-refractivity contribution in [2.45, 2.75) is 19.9 Å². The van der Waals surface area contributed by atoms with Crippen LogP contribution >= 0.6 is 0 Å². The highest BCUT2D eigenvalue weighted by Crippen LogP contribution is 2.14. The van der Waals surface area contributed by atoms with E-state index in [2.05, 4.69) is 5.10 Å². The monoisotopic (exact) mass is 241 g/mol. The number of nitrogens with zero attached hydrogens (tertiary/aromatic N) is 3. The Labute approximate surface area is 101 Å². The SMILES string of the molecule is COc1cc(C(=O)N(CCO)C(C)C)nn1C. The first-order valence-corrected chi connectivity index (χ1v) is 5.51. The largest absolute Gasteiger partial charge is 0.481 e. The first kappa shape index (κ1) is 13.5. The van der Waals surface area contributed by atoms with Gasteiger partial charge < -0.3 is 14.7 Å². The van der Waals surface area contributed by atoms with E-state index in [1.54, 1.807) is 18.0 Å². The third-order valence-electron chi connectivity index (χ3n) is 2.49. The van der Waals surface area contributed by atoms with Crippen molar-refractivity contribution >= 4 is 5.91 Å². The standard InChI is InChI=1S/C11H19N3O3/c1-8(2)14(5-6-15)11(16)9-7-10(17-4)13(3)12-9/h7-8,15H,5-6H2,1-4H3. The molecule has 1 rings (SSSR count). The number of amides is 1. The molecule has 0 aromatic carbocycles. The maximum atomic E-state index is 12.1. The Kier molecular flexibility index (Phi) is 4.51. The molecule has 17 heavy (non-hydrogen) atoms. The number of aliphatic hydroxyl groups is 1. The van der Waals surface area contributed by atoms with Crippen molar-refractivity contribution in [3.05, 3.63) is 11.8 Å². The first-order valence-electron chi connectivity index (χ1n) is 5.51. The zero-order valence-electron chi connectivity index (χ0n) is 10.7. The number of hydrogen-bond donors (Lipinski definition) is 1. The lowest BCUT2D eigenvalue weighted by Gasteiger charge is -2.24. The van der Waals surface area contributed by atoms with E-state index in [-0.39, 0.29) is 18.6 Å². The summed E-state index contributed by atoms with van der Waals surface area (Å²) in [6.45, 7) is 4.03. The molecule has 0 fully saturated rings. The highest BCUT2D eigenvalue weighted by molar-refractivity contribution is 5.92. The predicted molar refractivity (Wildman–Crippen MR) is 63.0 cm³/mol. The number of carbonyl (C=O) groups is 1. The summed E-state index contributed by atoms with van der Waals surface area (Å²) in [5, 5.41) is 13.0. The van der Waals surface area contributed by atoms with Gasteiger partial charge in [0.2, 0.25) is 5.88 Å². The van der Waals surface area contributed by atoms with Crippen LogP contribution in [0.25, 0.3) is 0 Å². The van der Waals surface area contributed by atoms with Gasteiger partial charge in [0.05, 0.1) is 13.7 Å². The molecule has 1 aromatic rings. The van der Waals surface area contributed by atoms with Gasteiger partial charge in [-0.2, -0.15) is 5.10 Å². The second-order valence-corrected chi connectivity index (χ2v) is 4.01. The molecule has 1 N–H and O–H groups in total. The summed E-state index contributed by atoms with van der Waals surface area (Å²) in [6, 6.07) is 1.61. The number of aromatic nitrogens is 2. The van der Waals surface area contributed by atoms with Crippen molar-refractivity contribution in [2.24, 2.45) is 7.05 Å². The van der Waals surface area contributed by atoms with Crippen molar-refractivity contribution in [3.8, 4) is 5.88 Å². The fraction of sp³-hybridized carbons (Fsp3) is 0.636. The van der Waals surface area contributed by atoms with Gasteiger partial charge in [-0.3, -0.25) is 4.79 Å². The zero-order valence-corrected chi connectivity index (χ0v) is 10.7. The lowest BCUT2D eigenvalue weighted by molar-refractivity contribution is 0.0658. The Morgan fingerprint density at radius 1 is 1.65 bits per heavy atom. The lowest BCUT2D eigenvalue weighted by Crippen LogP contribution is -2.39. The molecular weight excluding hydrogens is 222 g/mol. The Hall–Kier alpha value is -1.56. The van der Waals surface area contributed by atoms with E-state index in [4.69, 9.17) is 9.84 Å². The molecule has 0 bridgehead atoms. The lowest BCUT2D eigenvalue weighted by atomic mass is 10.2. The van der Waals surface area contributed by atoms with Crippen molar-refractivity contribution in [2.75, 3.05) is 20.3 Å². The van der Waals surface area contributed by atoms with E-state index in [0.29, 0.717) is 18.1 Å². The molecule has 0 saturated heterocycles. The molecule has 0 atom stereocenters. The summed E-state index contributed by atoms with van der Waals surface area (Å²) >= 11 is 0. The Balaban J connectivity index is 2.92. The van der Waals surface area contributed by atoms with E-state index in [0.717, 1.165) is 0 Å². The van der Waals surface area contributed by atoms with Crippen molar-refractivity contribution < 1.29 is 14.6 Å². The van der Waals surface area contributed by atoms with Crippen LogP contribution < -0.4 is 4.74 Å². The van der Waals surface area contributed by atoms with Gasteiger partial charge in [0.1, 0.15) is 0 Å². The fourth-order valence-corrected chi connectivity index (χ4v) is 1.59. The van der Waals surface area contributed by atoms with E-state index in [1.165, 1.54) is 11.8 Å². The van der Waals surface area contributed by atoms with Crippen LogP contribution in [0.1, 0.15) is 24.3 Å². The fourth-order valence-electron chi connectivity index (χ4n) is 1.59. The highest BCUT2D eigenvalue weighted by atomic mass is 16.5. The number of aliphatic hydroxyl groups excluding tert-OH is 1. The van der Waals surface area contributed by atoms with Crippen molar-refractivity contribution in [1.82, 2.24) is 14.7 Å². The van der Waals surface area contributed by atoms with Crippen molar-refractivity contribution in [1.29, 1.82) is 0 Å². The zero-order chi connectivity index (χ0) is 13.0. The van der Waals surface area contributed by atoms with Gasteiger partial charge in [0, 0.05) is 25.7 Å². The van der Waals surface area contributed by atoms with Crippen molar-refractivity contribution in [3.63, 3.8) is 0 Å². The minimum absolute atomic E-state index is 0.0163. The number of carbonyl (C=O) groups excluding carboxylic acids is 1.